The third-order valence-electron chi connectivity index (χ3n) is 1.46. The Balaban J connectivity index is 3.44. The molecule has 0 aliphatic rings. The zero-order valence-electron chi connectivity index (χ0n) is 6.60. The molecule has 0 spiro atoms. The second-order valence-electron chi connectivity index (χ2n) is 2.36. The Morgan fingerprint density at radius 2 is 2.00 bits per heavy atom. The molecule has 0 unspecified atom stereocenters. The number of primary amides is 1. The number of nitrogens with two attached hydrogens (primary N) is 1. The molecule has 0 aliphatic carbocycles. The van der Waals surface area contributed by atoms with Crippen molar-refractivity contribution >= 4 is 5.91 Å². The van der Waals surface area contributed by atoms with E-state index in [-0.39, 0.29) is 0 Å². The van der Waals surface area contributed by atoms with Crippen LogP contribution >= 0.6 is 0 Å². The van der Waals surface area contributed by atoms with Crippen LogP contribution in [0.4, 0.5) is 17.6 Å². The van der Waals surface area contributed by atoms with Gasteiger partial charge in [0.15, 0.2) is 0 Å². The number of alkyl halides is 2. The van der Waals surface area contributed by atoms with Crippen molar-refractivity contribution in [2.75, 3.05) is 0 Å². The number of carbonyl (C=O) groups excluding carboxylic acids is 1. The van der Waals surface area contributed by atoms with Crippen molar-refractivity contribution in [3.8, 4) is 0 Å². The van der Waals surface area contributed by atoms with Crippen molar-refractivity contribution in [3.63, 3.8) is 0 Å². The monoisotopic (exact) mass is 208 g/mol. The summed E-state index contributed by atoms with van der Waals surface area (Å²) in [5.41, 5.74) is 2.48. The summed E-state index contributed by atoms with van der Waals surface area (Å²) in [6, 6.07) is 0.368. The zero-order chi connectivity index (χ0) is 10.9. The summed E-state index contributed by atoms with van der Waals surface area (Å²) in [6.07, 6.45) is -3.27. The largest absolute Gasteiger partial charge is 0.366 e. The number of aromatic nitrogens is 1. The number of carbonyl (C=O) groups is 1. The maximum Gasteiger partial charge on any atom is 0.269 e. The molecule has 7 heteroatoms. The Kier molecular flexibility index (Phi) is 2.68. The predicted octanol–water partition coefficient (Wildman–Crippen LogP) is 1.40. The van der Waals surface area contributed by atoms with Crippen molar-refractivity contribution in [2.45, 2.75) is 6.43 Å². The van der Waals surface area contributed by atoms with Gasteiger partial charge in [-0.1, -0.05) is 0 Å². The molecule has 0 bridgehead atoms. The Hall–Kier alpha value is -1.66. The van der Waals surface area contributed by atoms with Crippen molar-refractivity contribution < 1.29 is 22.4 Å². The summed E-state index contributed by atoms with van der Waals surface area (Å²) in [4.78, 5) is 13.1. The van der Waals surface area contributed by atoms with Crippen LogP contribution in [0, 0.1) is 11.9 Å². The SMILES string of the molecule is NC(=O)c1cc(F)nc(F)c1C(F)F. The maximum absolute atomic E-state index is 12.7. The minimum atomic E-state index is -3.27. The molecule has 1 aromatic heterocycles. The molecule has 0 saturated carbocycles. The van der Waals surface area contributed by atoms with Crippen LogP contribution in [0.5, 0.6) is 0 Å². The fraction of sp³-hybridized carbons (Fsp3) is 0.143. The molecule has 1 rings (SSSR count). The van der Waals surface area contributed by atoms with Crippen LogP contribution in [0.2, 0.25) is 0 Å². The molecule has 2 N–H and O–H groups in total. The summed E-state index contributed by atoms with van der Waals surface area (Å²) in [6.45, 7) is 0. The summed E-state index contributed by atoms with van der Waals surface area (Å²) >= 11 is 0. The van der Waals surface area contributed by atoms with E-state index < -0.39 is 35.4 Å². The van der Waals surface area contributed by atoms with Crippen LogP contribution in [0.3, 0.4) is 0 Å². The van der Waals surface area contributed by atoms with Gasteiger partial charge >= 0.3 is 0 Å². The van der Waals surface area contributed by atoms with Crippen LogP contribution in [0.25, 0.3) is 0 Å². The molecule has 1 aromatic rings. The Morgan fingerprint density at radius 3 is 2.43 bits per heavy atom. The molecule has 0 aromatic carbocycles. The van der Waals surface area contributed by atoms with E-state index in [0.717, 1.165) is 0 Å². The second-order valence-corrected chi connectivity index (χ2v) is 2.36. The number of nitrogens with zero attached hydrogens (tertiary/aromatic N) is 1. The van der Waals surface area contributed by atoms with E-state index in [1.807, 2.05) is 0 Å². The van der Waals surface area contributed by atoms with E-state index in [9.17, 15) is 22.4 Å². The molecular formula is C7H4F4N2O. The van der Waals surface area contributed by atoms with Gasteiger partial charge in [0, 0.05) is 6.07 Å². The fourth-order valence-electron chi connectivity index (χ4n) is 0.906. The lowest BCUT2D eigenvalue weighted by Crippen LogP contribution is -2.16. The number of rotatable bonds is 2. The Labute approximate surface area is 75.5 Å². The van der Waals surface area contributed by atoms with E-state index in [4.69, 9.17) is 0 Å². The van der Waals surface area contributed by atoms with E-state index in [0.29, 0.717) is 6.07 Å². The number of hydrogen-bond donors (Lipinski definition) is 1. The first-order valence-electron chi connectivity index (χ1n) is 3.37. The van der Waals surface area contributed by atoms with Crippen molar-refractivity contribution in [1.29, 1.82) is 0 Å². The van der Waals surface area contributed by atoms with Crippen LogP contribution in [0.15, 0.2) is 6.07 Å². The molecule has 0 fully saturated rings. The molecule has 14 heavy (non-hydrogen) atoms. The number of pyridine rings is 1. The molecule has 76 valence electrons. The lowest BCUT2D eigenvalue weighted by atomic mass is 10.1. The van der Waals surface area contributed by atoms with Gasteiger partial charge < -0.3 is 5.73 Å². The Bertz CT molecular complexity index is 380. The van der Waals surface area contributed by atoms with Crippen LogP contribution in [-0.2, 0) is 0 Å². The highest BCUT2D eigenvalue weighted by molar-refractivity contribution is 5.94. The van der Waals surface area contributed by atoms with E-state index >= 15 is 0 Å². The lowest BCUT2D eigenvalue weighted by Gasteiger charge is -2.05. The lowest BCUT2D eigenvalue weighted by molar-refractivity contribution is 0.0980. The highest BCUT2D eigenvalue weighted by Gasteiger charge is 2.23. The van der Waals surface area contributed by atoms with E-state index in [1.165, 1.54) is 0 Å². The first kappa shape index (κ1) is 10.4. The molecule has 3 nitrogen and oxygen atoms in total. The van der Waals surface area contributed by atoms with Gasteiger partial charge in [-0.05, 0) is 0 Å². The minimum absolute atomic E-state index is 0.368. The number of halogens is 4. The quantitative estimate of drug-likeness (QED) is 0.589. The average Bonchev–Trinajstić information content (AvgIpc) is 2.01. The third-order valence-corrected chi connectivity index (χ3v) is 1.46. The average molecular weight is 208 g/mol. The van der Waals surface area contributed by atoms with Gasteiger partial charge in [0.25, 0.3) is 6.43 Å². The summed E-state index contributed by atoms with van der Waals surface area (Å²) < 4.78 is 49.5. The smallest absolute Gasteiger partial charge is 0.269 e. The predicted molar refractivity (Wildman–Crippen MR) is 37.6 cm³/mol. The first-order valence-corrected chi connectivity index (χ1v) is 3.37. The highest BCUT2D eigenvalue weighted by Crippen LogP contribution is 2.24. The van der Waals surface area contributed by atoms with Gasteiger partial charge in [0.1, 0.15) is 0 Å². The minimum Gasteiger partial charge on any atom is -0.366 e. The van der Waals surface area contributed by atoms with Crippen molar-refractivity contribution in [1.82, 2.24) is 4.98 Å². The standard InChI is InChI=1S/C7H4F4N2O/c8-3-1-2(7(12)14)4(5(9)10)6(11)13-3/h1,5H,(H2,12,14). The second kappa shape index (κ2) is 3.60. The number of amides is 1. The fourth-order valence-corrected chi connectivity index (χ4v) is 0.906. The van der Waals surface area contributed by atoms with Gasteiger partial charge in [0.05, 0.1) is 11.1 Å². The van der Waals surface area contributed by atoms with Gasteiger partial charge in [-0.2, -0.15) is 13.8 Å². The Morgan fingerprint density at radius 1 is 1.43 bits per heavy atom. The normalized spacial score (nSPS) is 10.6. The molecule has 0 atom stereocenters. The molecule has 0 aliphatic heterocycles. The summed E-state index contributed by atoms with van der Waals surface area (Å²) in [7, 11) is 0. The van der Waals surface area contributed by atoms with Crippen molar-refractivity contribution in [3.05, 3.63) is 29.1 Å². The number of hydrogen-bond acceptors (Lipinski definition) is 2. The highest BCUT2D eigenvalue weighted by atomic mass is 19.3. The molecular weight excluding hydrogens is 204 g/mol. The maximum atomic E-state index is 12.7. The summed E-state index contributed by atoms with van der Waals surface area (Å²) in [5.74, 6) is -4.44. The van der Waals surface area contributed by atoms with E-state index in [1.54, 1.807) is 0 Å². The first-order chi connectivity index (χ1) is 6.43. The summed E-state index contributed by atoms with van der Waals surface area (Å²) in [5, 5.41) is 0. The van der Waals surface area contributed by atoms with Crippen LogP contribution in [-0.4, -0.2) is 10.9 Å². The van der Waals surface area contributed by atoms with Crippen LogP contribution < -0.4 is 5.73 Å². The molecule has 0 radical (unpaired) electrons. The van der Waals surface area contributed by atoms with Gasteiger partial charge in [0.2, 0.25) is 17.8 Å². The molecule has 1 heterocycles. The van der Waals surface area contributed by atoms with Crippen molar-refractivity contribution in [2.24, 2.45) is 5.73 Å². The van der Waals surface area contributed by atoms with E-state index in [2.05, 4.69) is 10.7 Å². The molecule has 1 amide bonds. The van der Waals surface area contributed by atoms with Gasteiger partial charge in [-0.3, -0.25) is 4.79 Å². The van der Waals surface area contributed by atoms with Crippen LogP contribution in [0.1, 0.15) is 22.3 Å². The van der Waals surface area contributed by atoms with Gasteiger partial charge in [-0.15, -0.1) is 0 Å². The molecule has 0 saturated heterocycles. The third kappa shape index (κ3) is 1.81. The van der Waals surface area contributed by atoms with Gasteiger partial charge in [-0.25, -0.2) is 8.78 Å². The topological polar surface area (TPSA) is 56.0 Å². The zero-order valence-corrected chi connectivity index (χ0v) is 6.60.